The van der Waals surface area contributed by atoms with Crippen molar-refractivity contribution in [2.75, 3.05) is 0 Å². The van der Waals surface area contributed by atoms with Gasteiger partial charge in [0.2, 0.25) is 0 Å². The van der Waals surface area contributed by atoms with E-state index in [1.54, 1.807) is 0 Å². The van der Waals surface area contributed by atoms with E-state index in [1.807, 2.05) is 44.5 Å². The van der Waals surface area contributed by atoms with Crippen LogP contribution in [-0.2, 0) is 6.42 Å². The van der Waals surface area contributed by atoms with Crippen molar-refractivity contribution in [1.29, 1.82) is 0 Å². The summed E-state index contributed by atoms with van der Waals surface area (Å²) >= 11 is 0. The third-order valence-corrected chi connectivity index (χ3v) is 8.24. The Morgan fingerprint density at radius 2 is 1.57 bits per heavy atom. The molecular formula is C38H32N4. The second-order valence-electron chi connectivity index (χ2n) is 10.8. The molecule has 4 heterocycles. The molecule has 7 rings (SSSR count). The Balaban J connectivity index is 1.44. The number of fused-ring (bicyclic) bond motifs is 5. The lowest BCUT2D eigenvalue weighted by molar-refractivity contribution is 1.07. The summed E-state index contributed by atoms with van der Waals surface area (Å²) in [6.45, 7) is 14.8. The van der Waals surface area contributed by atoms with Crippen LogP contribution in [0.15, 0.2) is 91.8 Å². The largest absolute Gasteiger partial charge is 0.308 e. The highest BCUT2D eigenvalue weighted by Crippen LogP contribution is 2.40. The van der Waals surface area contributed by atoms with Crippen molar-refractivity contribution in [3.05, 3.63) is 130 Å². The van der Waals surface area contributed by atoms with Crippen molar-refractivity contribution in [2.45, 2.75) is 27.2 Å². The number of aryl methyl sites for hydroxylation is 1. The average molecular weight is 545 g/mol. The summed E-state index contributed by atoms with van der Waals surface area (Å²) in [7, 11) is 0. The van der Waals surface area contributed by atoms with Gasteiger partial charge in [-0.05, 0) is 104 Å². The standard InChI is InChI=1S/C38H32N4/c1-6-9-12-30-25(5)41(36-19-24(4)23-40-37(30)36)28-16-14-26-20-27-15-17-29(22-33(27)32(26)21-28)42-34(8-3)31(11-7-2)38-35(42)13-10-18-39-38/h6-19,21-23H,3,5,20H2,1-2,4H3/b9-6-,11-7-,30-12+. The summed E-state index contributed by atoms with van der Waals surface area (Å²) in [4.78, 5) is 9.53. The zero-order chi connectivity index (χ0) is 29.0. The number of rotatable bonds is 5. The Morgan fingerprint density at radius 1 is 0.833 bits per heavy atom. The van der Waals surface area contributed by atoms with Gasteiger partial charge in [-0.15, -0.1) is 0 Å². The SMILES string of the molecule is C=Cc1c(/C=C\C)c2ncccc2n1-c1ccc2c(c1)-c1cc(-n3c(=C)/c(=C\C=C/C)c4ncc(C)cc43)ccc1C2. The summed E-state index contributed by atoms with van der Waals surface area (Å²) in [5.41, 5.74) is 14.7. The average Bonchev–Trinajstić information content (AvgIpc) is 3.62. The first-order chi connectivity index (χ1) is 20.5. The minimum absolute atomic E-state index is 0.919. The minimum atomic E-state index is 0.919. The molecule has 4 heteroatoms. The minimum Gasteiger partial charge on any atom is -0.308 e. The lowest BCUT2D eigenvalue weighted by atomic mass is 10.0. The normalized spacial score (nSPS) is 13.2. The van der Waals surface area contributed by atoms with Crippen LogP contribution in [0.1, 0.15) is 41.8 Å². The second kappa shape index (κ2) is 10.0. The van der Waals surface area contributed by atoms with E-state index in [1.165, 1.54) is 22.3 Å². The van der Waals surface area contributed by atoms with Gasteiger partial charge in [-0.2, -0.15) is 0 Å². The van der Waals surface area contributed by atoms with Crippen molar-refractivity contribution in [2.24, 2.45) is 0 Å². The van der Waals surface area contributed by atoms with E-state index in [4.69, 9.17) is 9.97 Å². The van der Waals surface area contributed by atoms with Gasteiger partial charge in [0.15, 0.2) is 0 Å². The fourth-order valence-corrected chi connectivity index (χ4v) is 6.39. The molecule has 0 fully saturated rings. The molecule has 0 amide bonds. The van der Waals surface area contributed by atoms with Crippen molar-refractivity contribution in [1.82, 2.24) is 19.1 Å². The predicted octanol–water partition coefficient (Wildman–Crippen LogP) is 7.69. The molecule has 0 atom stereocenters. The van der Waals surface area contributed by atoms with Crippen LogP contribution in [-0.4, -0.2) is 19.1 Å². The molecule has 0 radical (unpaired) electrons. The molecule has 42 heavy (non-hydrogen) atoms. The molecule has 1 aliphatic carbocycles. The molecule has 0 N–H and O–H groups in total. The molecule has 0 unspecified atom stereocenters. The lowest BCUT2D eigenvalue weighted by Crippen LogP contribution is -2.26. The second-order valence-corrected chi connectivity index (χ2v) is 10.8. The van der Waals surface area contributed by atoms with E-state index >= 15 is 0 Å². The zero-order valence-corrected chi connectivity index (χ0v) is 24.2. The van der Waals surface area contributed by atoms with Gasteiger partial charge >= 0.3 is 0 Å². The zero-order valence-electron chi connectivity index (χ0n) is 24.2. The van der Waals surface area contributed by atoms with Crippen LogP contribution in [0, 0.1) is 6.92 Å². The molecular weight excluding hydrogens is 512 g/mol. The molecule has 0 saturated heterocycles. The highest BCUT2D eigenvalue weighted by atomic mass is 15.0. The number of allylic oxidation sites excluding steroid dienone is 3. The van der Waals surface area contributed by atoms with Gasteiger partial charge in [-0.1, -0.05) is 55.7 Å². The maximum atomic E-state index is 4.80. The van der Waals surface area contributed by atoms with Crippen LogP contribution in [0.5, 0.6) is 0 Å². The molecule has 2 aromatic carbocycles. The Morgan fingerprint density at radius 3 is 2.26 bits per heavy atom. The Hall–Kier alpha value is -5.22. The molecule has 4 aromatic heterocycles. The molecule has 0 aliphatic heterocycles. The van der Waals surface area contributed by atoms with Crippen molar-refractivity contribution >= 4 is 46.9 Å². The van der Waals surface area contributed by atoms with Crippen LogP contribution >= 0.6 is 0 Å². The quantitative estimate of drug-likeness (QED) is 0.223. The molecule has 6 aromatic rings. The molecule has 0 bridgehead atoms. The van der Waals surface area contributed by atoms with Gasteiger partial charge in [0.25, 0.3) is 0 Å². The first kappa shape index (κ1) is 25.7. The lowest BCUT2D eigenvalue weighted by Gasteiger charge is -2.12. The molecule has 1 aliphatic rings. The number of aromatic nitrogens is 4. The van der Waals surface area contributed by atoms with Crippen LogP contribution in [0.4, 0.5) is 0 Å². The Labute approximate surface area is 245 Å². The topological polar surface area (TPSA) is 35.6 Å². The van der Waals surface area contributed by atoms with Crippen molar-refractivity contribution in [3.8, 4) is 22.5 Å². The molecule has 0 spiro atoms. The Kier molecular flexibility index (Phi) is 6.13. The third kappa shape index (κ3) is 3.83. The highest BCUT2D eigenvalue weighted by Gasteiger charge is 2.22. The number of hydrogen-bond donors (Lipinski definition) is 0. The first-order valence-corrected chi connectivity index (χ1v) is 14.3. The molecule has 204 valence electrons. The molecule has 4 nitrogen and oxygen atoms in total. The maximum Gasteiger partial charge on any atom is 0.0963 e. The molecule has 0 saturated carbocycles. The summed E-state index contributed by atoms with van der Waals surface area (Å²) < 4.78 is 4.52. The number of hydrogen-bond acceptors (Lipinski definition) is 2. The fourth-order valence-electron chi connectivity index (χ4n) is 6.39. The number of benzene rings is 2. The van der Waals surface area contributed by atoms with Gasteiger partial charge in [0.1, 0.15) is 0 Å². The van der Waals surface area contributed by atoms with Crippen LogP contribution in [0.2, 0.25) is 0 Å². The Bertz CT molecular complexity index is 2240. The van der Waals surface area contributed by atoms with E-state index in [9.17, 15) is 0 Å². The van der Waals surface area contributed by atoms with Crippen molar-refractivity contribution in [3.63, 3.8) is 0 Å². The van der Waals surface area contributed by atoms with E-state index in [-0.39, 0.29) is 0 Å². The summed E-state index contributed by atoms with van der Waals surface area (Å²) in [5.74, 6) is 0. The van der Waals surface area contributed by atoms with E-state index in [0.29, 0.717) is 0 Å². The van der Waals surface area contributed by atoms with Crippen molar-refractivity contribution < 1.29 is 0 Å². The van der Waals surface area contributed by atoms with E-state index in [2.05, 4.69) is 102 Å². The van der Waals surface area contributed by atoms with Crippen LogP contribution in [0.3, 0.4) is 0 Å². The summed E-state index contributed by atoms with van der Waals surface area (Å²) in [5, 5.41) is 1.99. The number of nitrogens with zero attached hydrogens (tertiary/aromatic N) is 4. The highest BCUT2D eigenvalue weighted by molar-refractivity contribution is 5.93. The van der Waals surface area contributed by atoms with Crippen LogP contribution < -0.4 is 10.6 Å². The third-order valence-electron chi connectivity index (χ3n) is 8.24. The van der Waals surface area contributed by atoms with Gasteiger partial charge in [0, 0.05) is 39.9 Å². The monoisotopic (exact) mass is 544 g/mol. The van der Waals surface area contributed by atoms with Gasteiger partial charge in [-0.25, -0.2) is 0 Å². The summed E-state index contributed by atoms with van der Waals surface area (Å²) in [6.07, 6.45) is 17.0. The van der Waals surface area contributed by atoms with Crippen LogP contribution in [0.25, 0.3) is 69.4 Å². The van der Waals surface area contributed by atoms with Gasteiger partial charge in [0.05, 0.1) is 27.8 Å². The van der Waals surface area contributed by atoms with E-state index < -0.39 is 0 Å². The van der Waals surface area contributed by atoms with E-state index in [0.717, 1.165) is 67.3 Å². The fraction of sp³-hybridized carbons (Fsp3) is 0.105. The first-order valence-electron chi connectivity index (χ1n) is 14.3. The predicted molar refractivity (Wildman–Crippen MR) is 178 cm³/mol. The van der Waals surface area contributed by atoms with Gasteiger partial charge < -0.3 is 9.13 Å². The number of pyridine rings is 2. The smallest absolute Gasteiger partial charge is 0.0963 e. The van der Waals surface area contributed by atoms with Gasteiger partial charge in [-0.3, -0.25) is 9.97 Å². The summed E-state index contributed by atoms with van der Waals surface area (Å²) in [6, 6.07) is 19.9. The maximum absolute atomic E-state index is 4.80.